The molecule has 0 radical (unpaired) electrons. The number of aryl methyl sites for hydroxylation is 1. The number of nitrogens with zero attached hydrogens (tertiary/aromatic N) is 3. The van der Waals surface area contributed by atoms with Crippen LogP contribution in [0, 0.1) is 6.92 Å². The number of hydrogen-bond donors (Lipinski definition) is 1. The van der Waals surface area contributed by atoms with Gasteiger partial charge in [0.05, 0.1) is 18.6 Å². The highest BCUT2D eigenvalue weighted by atomic mass is 15.0. The topological polar surface area (TPSA) is 42.7 Å². The second kappa shape index (κ2) is 5.59. The fraction of sp³-hybridized carbons (Fsp3) is 0.385. The summed E-state index contributed by atoms with van der Waals surface area (Å²) < 4.78 is 2.09. The molecule has 1 N–H and O–H groups in total. The predicted octanol–water partition coefficient (Wildman–Crippen LogP) is 1.74. The fourth-order valence-electron chi connectivity index (χ4n) is 1.75. The SMILES string of the molecule is CCNCc1cn(Cc2cncc(C)c2)cn1. The van der Waals surface area contributed by atoms with Gasteiger partial charge in [0.1, 0.15) is 0 Å². The molecule has 2 heterocycles. The van der Waals surface area contributed by atoms with Gasteiger partial charge >= 0.3 is 0 Å². The van der Waals surface area contributed by atoms with E-state index in [-0.39, 0.29) is 0 Å². The third kappa shape index (κ3) is 3.39. The van der Waals surface area contributed by atoms with Crippen LogP contribution in [0.1, 0.15) is 23.7 Å². The molecule has 0 unspecified atom stereocenters. The molecule has 0 aromatic carbocycles. The lowest BCUT2D eigenvalue weighted by Gasteiger charge is -2.02. The maximum atomic E-state index is 4.35. The number of hydrogen-bond acceptors (Lipinski definition) is 3. The minimum Gasteiger partial charge on any atom is -0.333 e. The van der Waals surface area contributed by atoms with Gasteiger partial charge in [0, 0.05) is 25.1 Å². The Morgan fingerprint density at radius 1 is 1.35 bits per heavy atom. The summed E-state index contributed by atoms with van der Waals surface area (Å²) >= 11 is 0. The number of imidazole rings is 1. The van der Waals surface area contributed by atoms with Gasteiger partial charge in [0.15, 0.2) is 0 Å². The molecule has 0 bridgehead atoms. The van der Waals surface area contributed by atoms with Crippen LogP contribution >= 0.6 is 0 Å². The lowest BCUT2D eigenvalue weighted by Crippen LogP contribution is -2.11. The summed E-state index contributed by atoms with van der Waals surface area (Å²) in [6.07, 6.45) is 7.71. The number of rotatable bonds is 5. The van der Waals surface area contributed by atoms with E-state index in [0.717, 1.165) is 25.3 Å². The van der Waals surface area contributed by atoms with Crippen LogP contribution < -0.4 is 5.32 Å². The molecule has 0 aliphatic rings. The highest BCUT2D eigenvalue weighted by Crippen LogP contribution is 2.05. The Labute approximate surface area is 102 Å². The molecule has 4 nitrogen and oxygen atoms in total. The van der Waals surface area contributed by atoms with Crippen molar-refractivity contribution in [1.29, 1.82) is 0 Å². The molecule has 0 amide bonds. The maximum Gasteiger partial charge on any atom is 0.0953 e. The lowest BCUT2D eigenvalue weighted by molar-refractivity contribution is 0.712. The van der Waals surface area contributed by atoms with E-state index in [4.69, 9.17) is 0 Å². The van der Waals surface area contributed by atoms with Crippen molar-refractivity contribution in [3.8, 4) is 0 Å². The Balaban J connectivity index is 2.01. The first kappa shape index (κ1) is 11.8. The predicted molar refractivity (Wildman–Crippen MR) is 67.7 cm³/mol. The minimum absolute atomic E-state index is 0.827. The summed E-state index contributed by atoms with van der Waals surface area (Å²) in [6.45, 7) is 6.77. The largest absolute Gasteiger partial charge is 0.333 e. The van der Waals surface area contributed by atoms with Gasteiger partial charge in [0.25, 0.3) is 0 Å². The number of aromatic nitrogens is 3. The van der Waals surface area contributed by atoms with Gasteiger partial charge in [-0.3, -0.25) is 4.98 Å². The number of nitrogens with one attached hydrogen (secondary N) is 1. The Morgan fingerprint density at radius 3 is 3.00 bits per heavy atom. The van der Waals surface area contributed by atoms with E-state index in [2.05, 4.69) is 46.0 Å². The van der Waals surface area contributed by atoms with Gasteiger partial charge in [-0.05, 0) is 24.6 Å². The lowest BCUT2D eigenvalue weighted by atomic mass is 10.2. The molecule has 2 rings (SSSR count). The molecule has 0 saturated carbocycles. The zero-order valence-electron chi connectivity index (χ0n) is 10.3. The first-order chi connectivity index (χ1) is 8.28. The van der Waals surface area contributed by atoms with E-state index < -0.39 is 0 Å². The second-order valence-corrected chi connectivity index (χ2v) is 4.19. The molecular weight excluding hydrogens is 212 g/mol. The average molecular weight is 230 g/mol. The molecule has 90 valence electrons. The van der Waals surface area contributed by atoms with Crippen molar-refractivity contribution in [1.82, 2.24) is 19.9 Å². The second-order valence-electron chi connectivity index (χ2n) is 4.19. The Kier molecular flexibility index (Phi) is 3.88. The first-order valence-corrected chi connectivity index (χ1v) is 5.90. The summed E-state index contributed by atoms with van der Waals surface area (Å²) in [5.41, 5.74) is 3.47. The van der Waals surface area contributed by atoms with Crippen molar-refractivity contribution in [3.05, 3.63) is 47.8 Å². The van der Waals surface area contributed by atoms with Gasteiger partial charge < -0.3 is 9.88 Å². The van der Waals surface area contributed by atoms with Crippen LogP contribution in [0.15, 0.2) is 31.0 Å². The van der Waals surface area contributed by atoms with Crippen LogP contribution in [-0.2, 0) is 13.1 Å². The molecule has 2 aromatic rings. The summed E-state index contributed by atoms with van der Waals surface area (Å²) in [6, 6.07) is 2.15. The van der Waals surface area contributed by atoms with Gasteiger partial charge in [-0.15, -0.1) is 0 Å². The van der Waals surface area contributed by atoms with Crippen molar-refractivity contribution in [3.63, 3.8) is 0 Å². The van der Waals surface area contributed by atoms with Crippen molar-refractivity contribution in [2.24, 2.45) is 0 Å². The average Bonchev–Trinajstić information content (AvgIpc) is 2.74. The molecule has 0 aliphatic carbocycles. The Bertz CT molecular complexity index is 476. The van der Waals surface area contributed by atoms with Crippen molar-refractivity contribution in [2.45, 2.75) is 26.9 Å². The van der Waals surface area contributed by atoms with Crippen LogP contribution in [0.2, 0.25) is 0 Å². The summed E-state index contributed by atoms with van der Waals surface area (Å²) in [5.74, 6) is 0. The van der Waals surface area contributed by atoms with Crippen molar-refractivity contribution >= 4 is 0 Å². The van der Waals surface area contributed by atoms with E-state index >= 15 is 0 Å². The van der Waals surface area contributed by atoms with E-state index in [0.29, 0.717) is 0 Å². The molecular formula is C13H18N4. The third-order valence-corrected chi connectivity index (χ3v) is 2.54. The maximum absolute atomic E-state index is 4.35. The molecule has 0 fully saturated rings. The monoisotopic (exact) mass is 230 g/mol. The zero-order valence-corrected chi connectivity index (χ0v) is 10.3. The molecule has 4 heteroatoms. The molecule has 0 aliphatic heterocycles. The van der Waals surface area contributed by atoms with Crippen LogP contribution in [-0.4, -0.2) is 21.1 Å². The minimum atomic E-state index is 0.827. The molecule has 0 spiro atoms. The molecule has 0 saturated heterocycles. The van der Waals surface area contributed by atoms with Gasteiger partial charge in [-0.1, -0.05) is 13.0 Å². The normalized spacial score (nSPS) is 10.7. The summed E-state index contributed by atoms with van der Waals surface area (Å²) in [7, 11) is 0. The Morgan fingerprint density at radius 2 is 2.24 bits per heavy atom. The van der Waals surface area contributed by atoms with Crippen LogP contribution in [0.5, 0.6) is 0 Å². The van der Waals surface area contributed by atoms with Gasteiger partial charge in [-0.25, -0.2) is 4.98 Å². The van der Waals surface area contributed by atoms with Gasteiger partial charge in [-0.2, -0.15) is 0 Å². The van der Waals surface area contributed by atoms with Gasteiger partial charge in [0.2, 0.25) is 0 Å². The summed E-state index contributed by atoms with van der Waals surface area (Å²) in [4.78, 5) is 8.54. The highest BCUT2D eigenvalue weighted by Gasteiger charge is 1.99. The van der Waals surface area contributed by atoms with Crippen molar-refractivity contribution in [2.75, 3.05) is 6.54 Å². The third-order valence-electron chi connectivity index (χ3n) is 2.54. The smallest absolute Gasteiger partial charge is 0.0953 e. The van der Waals surface area contributed by atoms with Crippen LogP contribution in [0.4, 0.5) is 0 Å². The van der Waals surface area contributed by atoms with Crippen molar-refractivity contribution < 1.29 is 0 Å². The van der Waals surface area contributed by atoms with E-state index in [1.807, 2.05) is 18.7 Å². The van der Waals surface area contributed by atoms with E-state index in [9.17, 15) is 0 Å². The van der Waals surface area contributed by atoms with E-state index in [1.165, 1.54) is 11.1 Å². The Hall–Kier alpha value is -1.68. The number of pyridine rings is 1. The van der Waals surface area contributed by atoms with Crippen LogP contribution in [0.25, 0.3) is 0 Å². The van der Waals surface area contributed by atoms with E-state index in [1.54, 1.807) is 0 Å². The first-order valence-electron chi connectivity index (χ1n) is 5.90. The highest BCUT2D eigenvalue weighted by molar-refractivity contribution is 5.17. The molecule has 0 atom stereocenters. The fourth-order valence-corrected chi connectivity index (χ4v) is 1.75. The molecule has 17 heavy (non-hydrogen) atoms. The molecule has 2 aromatic heterocycles. The quantitative estimate of drug-likeness (QED) is 0.851. The summed E-state index contributed by atoms with van der Waals surface area (Å²) in [5, 5.41) is 3.26. The zero-order chi connectivity index (χ0) is 12.1. The van der Waals surface area contributed by atoms with Crippen LogP contribution in [0.3, 0.4) is 0 Å². The standard InChI is InChI=1S/C13H18N4/c1-3-14-7-13-9-17(10-16-13)8-12-4-11(2)5-15-6-12/h4-6,9-10,14H,3,7-8H2,1-2H3.